The SMILES string of the molecule is CC1CCC(NC(C)C(=O)N2CCCCCC2)CC1. The summed E-state index contributed by atoms with van der Waals surface area (Å²) in [4.78, 5) is 14.5. The Morgan fingerprint density at radius 2 is 1.63 bits per heavy atom. The van der Waals surface area contributed by atoms with Crippen LogP contribution in [-0.2, 0) is 4.79 Å². The molecule has 3 heteroatoms. The fourth-order valence-electron chi connectivity index (χ4n) is 3.42. The lowest BCUT2D eigenvalue weighted by Crippen LogP contribution is -2.49. The van der Waals surface area contributed by atoms with Crippen molar-refractivity contribution in [1.82, 2.24) is 10.2 Å². The second-order valence-electron chi connectivity index (χ2n) is 6.58. The van der Waals surface area contributed by atoms with E-state index in [1.807, 2.05) is 6.92 Å². The number of likely N-dealkylation sites (tertiary alicyclic amines) is 1. The summed E-state index contributed by atoms with van der Waals surface area (Å²) in [5, 5.41) is 3.57. The van der Waals surface area contributed by atoms with Crippen LogP contribution < -0.4 is 5.32 Å². The van der Waals surface area contributed by atoms with Gasteiger partial charge in [0.25, 0.3) is 0 Å². The number of rotatable bonds is 3. The first-order valence-corrected chi connectivity index (χ1v) is 8.21. The van der Waals surface area contributed by atoms with Crippen molar-refractivity contribution in [3.8, 4) is 0 Å². The molecule has 1 aliphatic carbocycles. The van der Waals surface area contributed by atoms with E-state index in [-0.39, 0.29) is 6.04 Å². The molecule has 3 nitrogen and oxygen atoms in total. The number of hydrogen-bond acceptors (Lipinski definition) is 2. The summed E-state index contributed by atoms with van der Waals surface area (Å²) in [6, 6.07) is 0.554. The standard InChI is InChI=1S/C16H30N2O/c1-13-7-9-15(10-8-13)17-14(2)16(19)18-11-5-3-4-6-12-18/h13-15,17H,3-12H2,1-2H3. The van der Waals surface area contributed by atoms with Gasteiger partial charge < -0.3 is 10.2 Å². The summed E-state index contributed by atoms with van der Waals surface area (Å²) in [6.45, 7) is 6.31. The average Bonchev–Trinajstić information content (AvgIpc) is 2.69. The number of nitrogens with zero attached hydrogens (tertiary/aromatic N) is 1. The Morgan fingerprint density at radius 3 is 2.21 bits per heavy atom. The van der Waals surface area contributed by atoms with Crippen molar-refractivity contribution < 1.29 is 4.79 Å². The third kappa shape index (κ3) is 4.48. The molecule has 1 N–H and O–H groups in total. The van der Waals surface area contributed by atoms with Gasteiger partial charge in [-0.15, -0.1) is 0 Å². The summed E-state index contributed by atoms with van der Waals surface area (Å²) in [6.07, 6.45) is 10.0. The lowest BCUT2D eigenvalue weighted by atomic mass is 9.87. The van der Waals surface area contributed by atoms with Crippen molar-refractivity contribution in [2.45, 2.75) is 77.3 Å². The first-order valence-electron chi connectivity index (χ1n) is 8.21. The van der Waals surface area contributed by atoms with Gasteiger partial charge in [-0.1, -0.05) is 19.8 Å². The normalized spacial score (nSPS) is 30.7. The van der Waals surface area contributed by atoms with Gasteiger partial charge in [0.2, 0.25) is 5.91 Å². The average molecular weight is 266 g/mol. The molecule has 0 aromatic carbocycles. The quantitative estimate of drug-likeness (QED) is 0.852. The first-order chi connectivity index (χ1) is 9.16. The monoisotopic (exact) mass is 266 g/mol. The Balaban J connectivity index is 1.78. The Kier molecular flexibility index (Phi) is 5.68. The van der Waals surface area contributed by atoms with Crippen molar-refractivity contribution in [3.05, 3.63) is 0 Å². The summed E-state index contributed by atoms with van der Waals surface area (Å²) in [7, 11) is 0. The molecule has 2 rings (SSSR count). The lowest BCUT2D eigenvalue weighted by Gasteiger charge is -2.31. The third-order valence-electron chi connectivity index (χ3n) is 4.79. The van der Waals surface area contributed by atoms with Crippen LogP contribution in [0.5, 0.6) is 0 Å². The van der Waals surface area contributed by atoms with E-state index in [0.29, 0.717) is 11.9 Å². The number of amides is 1. The minimum Gasteiger partial charge on any atom is -0.341 e. The number of nitrogens with one attached hydrogen (secondary N) is 1. The number of hydrogen-bond donors (Lipinski definition) is 1. The van der Waals surface area contributed by atoms with Crippen LogP contribution in [0.25, 0.3) is 0 Å². The molecule has 1 unspecified atom stereocenters. The van der Waals surface area contributed by atoms with Crippen LogP contribution in [0.4, 0.5) is 0 Å². The number of carbonyl (C=O) groups is 1. The van der Waals surface area contributed by atoms with E-state index in [4.69, 9.17) is 0 Å². The van der Waals surface area contributed by atoms with Crippen molar-refractivity contribution >= 4 is 5.91 Å². The second-order valence-corrected chi connectivity index (χ2v) is 6.58. The molecule has 0 spiro atoms. The lowest BCUT2D eigenvalue weighted by molar-refractivity contribution is -0.133. The van der Waals surface area contributed by atoms with Gasteiger partial charge in [-0.25, -0.2) is 0 Å². The highest BCUT2D eigenvalue weighted by atomic mass is 16.2. The minimum atomic E-state index is -0.00324. The zero-order valence-corrected chi connectivity index (χ0v) is 12.7. The summed E-state index contributed by atoms with van der Waals surface area (Å²) < 4.78 is 0. The molecule has 0 aromatic heterocycles. The smallest absolute Gasteiger partial charge is 0.239 e. The zero-order valence-electron chi connectivity index (χ0n) is 12.7. The molecule has 1 aliphatic heterocycles. The molecule has 1 saturated carbocycles. The minimum absolute atomic E-state index is 0.00324. The molecule has 2 aliphatic rings. The van der Waals surface area contributed by atoms with Gasteiger partial charge in [0.05, 0.1) is 6.04 Å². The van der Waals surface area contributed by atoms with Gasteiger partial charge in [-0.3, -0.25) is 4.79 Å². The van der Waals surface area contributed by atoms with Gasteiger partial charge >= 0.3 is 0 Å². The summed E-state index contributed by atoms with van der Waals surface area (Å²) in [5.74, 6) is 1.19. The third-order valence-corrected chi connectivity index (χ3v) is 4.79. The molecule has 0 bridgehead atoms. The molecule has 2 fully saturated rings. The molecule has 1 amide bonds. The maximum Gasteiger partial charge on any atom is 0.239 e. The van der Waals surface area contributed by atoms with Crippen molar-refractivity contribution in [2.24, 2.45) is 5.92 Å². The zero-order chi connectivity index (χ0) is 13.7. The van der Waals surface area contributed by atoms with E-state index in [1.54, 1.807) is 0 Å². The molecule has 19 heavy (non-hydrogen) atoms. The van der Waals surface area contributed by atoms with E-state index in [0.717, 1.165) is 19.0 Å². The first kappa shape index (κ1) is 14.8. The van der Waals surface area contributed by atoms with Crippen LogP contribution in [0, 0.1) is 5.92 Å². The second kappa shape index (κ2) is 7.28. The fraction of sp³-hybridized carbons (Fsp3) is 0.938. The van der Waals surface area contributed by atoms with Crippen LogP contribution in [-0.4, -0.2) is 36.0 Å². The predicted octanol–water partition coefficient (Wildman–Crippen LogP) is 2.95. The van der Waals surface area contributed by atoms with E-state index in [9.17, 15) is 4.79 Å². The molecular weight excluding hydrogens is 236 g/mol. The summed E-state index contributed by atoms with van der Waals surface area (Å²) in [5.41, 5.74) is 0. The molecule has 110 valence electrons. The number of carbonyl (C=O) groups excluding carboxylic acids is 1. The maximum atomic E-state index is 12.5. The predicted molar refractivity (Wildman–Crippen MR) is 79.1 cm³/mol. The largest absolute Gasteiger partial charge is 0.341 e. The molecule has 0 radical (unpaired) electrons. The van der Waals surface area contributed by atoms with Crippen molar-refractivity contribution in [2.75, 3.05) is 13.1 Å². The fourth-order valence-corrected chi connectivity index (χ4v) is 3.42. The van der Waals surface area contributed by atoms with E-state index in [2.05, 4.69) is 17.1 Å². The van der Waals surface area contributed by atoms with Crippen LogP contribution in [0.3, 0.4) is 0 Å². The van der Waals surface area contributed by atoms with Crippen LogP contribution in [0.2, 0.25) is 0 Å². The van der Waals surface area contributed by atoms with Crippen LogP contribution >= 0.6 is 0 Å². The Morgan fingerprint density at radius 1 is 1.05 bits per heavy atom. The van der Waals surface area contributed by atoms with Crippen molar-refractivity contribution in [3.63, 3.8) is 0 Å². The molecule has 1 atom stereocenters. The van der Waals surface area contributed by atoms with Gasteiger partial charge in [-0.2, -0.15) is 0 Å². The van der Waals surface area contributed by atoms with Crippen LogP contribution in [0.1, 0.15) is 65.2 Å². The Labute approximate surface area is 118 Å². The van der Waals surface area contributed by atoms with Gasteiger partial charge in [0, 0.05) is 19.1 Å². The molecular formula is C16H30N2O. The highest BCUT2D eigenvalue weighted by Crippen LogP contribution is 2.23. The molecule has 0 aromatic rings. The molecule has 1 saturated heterocycles. The molecule has 1 heterocycles. The topological polar surface area (TPSA) is 32.3 Å². The van der Waals surface area contributed by atoms with E-state index < -0.39 is 0 Å². The Bertz CT molecular complexity index is 276. The van der Waals surface area contributed by atoms with E-state index >= 15 is 0 Å². The van der Waals surface area contributed by atoms with Gasteiger partial charge in [0.1, 0.15) is 0 Å². The highest BCUT2D eigenvalue weighted by molar-refractivity contribution is 5.81. The van der Waals surface area contributed by atoms with Gasteiger partial charge in [-0.05, 0) is 51.4 Å². The highest BCUT2D eigenvalue weighted by Gasteiger charge is 2.25. The Hall–Kier alpha value is -0.570. The van der Waals surface area contributed by atoms with Crippen LogP contribution in [0.15, 0.2) is 0 Å². The maximum absolute atomic E-state index is 12.5. The van der Waals surface area contributed by atoms with E-state index in [1.165, 1.54) is 51.4 Å². The summed E-state index contributed by atoms with van der Waals surface area (Å²) >= 11 is 0. The van der Waals surface area contributed by atoms with Crippen molar-refractivity contribution in [1.29, 1.82) is 0 Å². The van der Waals surface area contributed by atoms with Gasteiger partial charge in [0.15, 0.2) is 0 Å².